The fourth-order valence-corrected chi connectivity index (χ4v) is 3.80. The molecule has 1 saturated heterocycles. The Morgan fingerprint density at radius 3 is 3.00 bits per heavy atom. The van der Waals surface area contributed by atoms with Gasteiger partial charge in [0, 0.05) is 12.0 Å². The van der Waals surface area contributed by atoms with Gasteiger partial charge in [0.05, 0.1) is 11.8 Å². The highest BCUT2D eigenvalue weighted by Crippen LogP contribution is 2.57. The summed E-state index contributed by atoms with van der Waals surface area (Å²) in [7, 11) is 0. The third kappa shape index (κ3) is 1.49. The van der Waals surface area contributed by atoms with E-state index >= 15 is 0 Å². The lowest BCUT2D eigenvalue weighted by Crippen LogP contribution is -2.43. The van der Waals surface area contributed by atoms with Gasteiger partial charge in [-0.25, -0.2) is 0 Å². The number of esters is 1. The van der Waals surface area contributed by atoms with Crippen LogP contribution in [0.4, 0.5) is 0 Å². The van der Waals surface area contributed by atoms with Crippen LogP contribution in [-0.4, -0.2) is 24.0 Å². The Kier molecular flexibility index (Phi) is 2.42. The van der Waals surface area contributed by atoms with E-state index in [0.29, 0.717) is 11.8 Å². The second kappa shape index (κ2) is 3.72. The van der Waals surface area contributed by atoms with Crippen LogP contribution in [0.2, 0.25) is 0 Å². The number of hydrogen-bond donors (Lipinski definition) is 1. The average molecular weight is 237 g/mol. The molecule has 2 aliphatic carbocycles. The van der Waals surface area contributed by atoms with Crippen molar-refractivity contribution in [2.75, 3.05) is 0 Å². The second-order valence-corrected chi connectivity index (χ2v) is 5.74. The third-order valence-electron chi connectivity index (χ3n) is 4.79. The summed E-state index contributed by atoms with van der Waals surface area (Å²) in [6.07, 6.45) is 2.93. The number of carbonyl (C=O) groups excluding carboxylic acids is 2. The average Bonchev–Trinajstić information content (AvgIpc) is 2.88. The van der Waals surface area contributed by atoms with E-state index in [2.05, 4.69) is 5.32 Å². The molecule has 0 radical (unpaired) electrons. The van der Waals surface area contributed by atoms with Gasteiger partial charge >= 0.3 is 5.97 Å². The van der Waals surface area contributed by atoms with Crippen LogP contribution in [0, 0.1) is 23.7 Å². The van der Waals surface area contributed by atoms with Crippen LogP contribution in [-0.2, 0) is 14.3 Å². The first-order chi connectivity index (χ1) is 8.11. The van der Waals surface area contributed by atoms with Crippen molar-refractivity contribution < 1.29 is 14.3 Å². The number of nitrogens with one attached hydrogen (secondary N) is 1. The van der Waals surface area contributed by atoms with Gasteiger partial charge < -0.3 is 10.1 Å². The Balaban J connectivity index is 1.76. The van der Waals surface area contributed by atoms with Crippen LogP contribution < -0.4 is 5.32 Å². The highest BCUT2D eigenvalue weighted by molar-refractivity contribution is 5.88. The molecular weight excluding hydrogens is 218 g/mol. The van der Waals surface area contributed by atoms with E-state index in [4.69, 9.17) is 4.74 Å². The normalized spacial score (nSPS) is 43.6. The molecule has 4 nitrogen and oxygen atoms in total. The van der Waals surface area contributed by atoms with E-state index < -0.39 is 0 Å². The van der Waals surface area contributed by atoms with E-state index in [1.54, 1.807) is 0 Å². The van der Waals surface area contributed by atoms with Gasteiger partial charge in [0.25, 0.3) is 0 Å². The lowest BCUT2D eigenvalue weighted by atomic mass is 9.79. The van der Waals surface area contributed by atoms with Crippen LogP contribution in [0.3, 0.4) is 0 Å². The summed E-state index contributed by atoms with van der Waals surface area (Å²) in [6, 6.07) is 0.190. The van der Waals surface area contributed by atoms with Crippen LogP contribution in [0.5, 0.6) is 0 Å². The molecule has 17 heavy (non-hydrogen) atoms. The summed E-state index contributed by atoms with van der Waals surface area (Å²) >= 11 is 0. The minimum atomic E-state index is -0.150. The predicted molar refractivity (Wildman–Crippen MR) is 61.0 cm³/mol. The molecule has 1 amide bonds. The summed E-state index contributed by atoms with van der Waals surface area (Å²) in [5.41, 5.74) is 0. The van der Waals surface area contributed by atoms with Gasteiger partial charge in [-0.3, -0.25) is 9.59 Å². The van der Waals surface area contributed by atoms with Crippen molar-refractivity contribution in [1.82, 2.24) is 5.32 Å². The van der Waals surface area contributed by atoms with E-state index in [9.17, 15) is 9.59 Å². The number of ether oxygens (including phenoxy) is 1. The number of hydrogen-bond acceptors (Lipinski definition) is 3. The SMILES string of the molecule is CC[C@H](C)NC(=O)[C@H]1[C@@H]2C[C@@H]3[C@@H]1C(=O)O[C@@H]3C2. The van der Waals surface area contributed by atoms with Crippen molar-refractivity contribution in [3.05, 3.63) is 0 Å². The topological polar surface area (TPSA) is 55.4 Å². The summed E-state index contributed by atoms with van der Waals surface area (Å²) < 4.78 is 5.33. The van der Waals surface area contributed by atoms with Crippen LogP contribution in [0.1, 0.15) is 33.1 Å². The monoisotopic (exact) mass is 237 g/mol. The molecule has 0 aromatic heterocycles. The first-order valence-electron chi connectivity index (χ1n) is 6.62. The maximum atomic E-state index is 12.2. The lowest BCUT2D eigenvalue weighted by Gasteiger charge is -2.25. The molecule has 0 unspecified atom stereocenters. The van der Waals surface area contributed by atoms with Gasteiger partial charge in [-0.15, -0.1) is 0 Å². The summed E-state index contributed by atoms with van der Waals surface area (Å²) in [5, 5.41) is 3.01. The summed E-state index contributed by atoms with van der Waals surface area (Å²) in [6.45, 7) is 4.05. The van der Waals surface area contributed by atoms with Crippen LogP contribution in [0.15, 0.2) is 0 Å². The number of fused-ring (bicyclic) bond motifs is 1. The minimum Gasteiger partial charge on any atom is -0.462 e. The maximum Gasteiger partial charge on any atom is 0.310 e. The third-order valence-corrected chi connectivity index (χ3v) is 4.79. The number of carbonyl (C=O) groups is 2. The molecule has 2 saturated carbocycles. The molecule has 1 N–H and O–H groups in total. The van der Waals surface area contributed by atoms with Crippen molar-refractivity contribution in [1.29, 1.82) is 0 Å². The van der Waals surface area contributed by atoms with Gasteiger partial charge in [0.1, 0.15) is 6.10 Å². The van der Waals surface area contributed by atoms with Crippen LogP contribution >= 0.6 is 0 Å². The quantitative estimate of drug-likeness (QED) is 0.748. The smallest absolute Gasteiger partial charge is 0.310 e. The standard InChI is InChI=1S/C13H19NO3/c1-3-6(2)14-12(15)10-7-4-8-9(5-7)17-13(16)11(8)10/h6-11H,3-5H2,1-2H3,(H,14,15)/t6-,7+,8-,9+,10-,11-/m0/s1. The zero-order valence-corrected chi connectivity index (χ0v) is 10.3. The molecule has 3 aliphatic rings. The largest absolute Gasteiger partial charge is 0.462 e. The number of rotatable bonds is 3. The fourth-order valence-electron chi connectivity index (χ4n) is 3.80. The van der Waals surface area contributed by atoms with E-state index in [-0.39, 0.29) is 35.9 Å². The molecule has 0 spiro atoms. The Hall–Kier alpha value is -1.06. The highest BCUT2D eigenvalue weighted by atomic mass is 16.6. The van der Waals surface area contributed by atoms with Gasteiger partial charge in [-0.05, 0) is 32.1 Å². The molecule has 4 heteroatoms. The molecule has 1 aliphatic heterocycles. The summed E-state index contributed by atoms with van der Waals surface area (Å²) in [4.78, 5) is 24.0. The second-order valence-electron chi connectivity index (χ2n) is 5.74. The molecule has 1 heterocycles. The Morgan fingerprint density at radius 2 is 2.29 bits per heavy atom. The predicted octanol–water partition coefficient (Wildman–Crippen LogP) is 1.10. The molecule has 94 valence electrons. The minimum absolute atomic E-state index is 0.0640. The zero-order valence-electron chi connectivity index (χ0n) is 10.3. The maximum absolute atomic E-state index is 12.2. The Labute approximate surface area is 101 Å². The van der Waals surface area contributed by atoms with Gasteiger partial charge in [0.15, 0.2) is 0 Å². The summed E-state index contributed by atoms with van der Waals surface area (Å²) in [5.74, 6) is 0.340. The van der Waals surface area contributed by atoms with E-state index in [1.165, 1.54) is 0 Å². The van der Waals surface area contributed by atoms with Crippen molar-refractivity contribution in [2.45, 2.75) is 45.3 Å². The first kappa shape index (κ1) is 11.1. The van der Waals surface area contributed by atoms with Crippen molar-refractivity contribution >= 4 is 11.9 Å². The van der Waals surface area contributed by atoms with Crippen LogP contribution in [0.25, 0.3) is 0 Å². The number of amides is 1. The molecule has 3 rings (SSSR count). The van der Waals surface area contributed by atoms with Crippen molar-refractivity contribution in [3.63, 3.8) is 0 Å². The molecule has 2 bridgehead atoms. The molecule has 0 aromatic rings. The van der Waals surface area contributed by atoms with Gasteiger partial charge in [-0.2, -0.15) is 0 Å². The molecule has 6 atom stereocenters. The molecule has 0 aromatic carbocycles. The Morgan fingerprint density at radius 1 is 1.53 bits per heavy atom. The van der Waals surface area contributed by atoms with Crippen molar-refractivity contribution in [3.8, 4) is 0 Å². The Bertz CT molecular complexity index is 366. The highest BCUT2D eigenvalue weighted by Gasteiger charge is 2.63. The fraction of sp³-hybridized carbons (Fsp3) is 0.846. The van der Waals surface area contributed by atoms with Gasteiger partial charge in [0.2, 0.25) is 5.91 Å². The molecule has 3 fully saturated rings. The zero-order chi connectivity index (χ0) is 12.2. The lowest BCUT2D eigenvalue weighted by molar-refractivity contribution is -0.146. The van der Waals surface area contributed by atoms with Crippen molar-refractivity contribution in [2.24, 2.45) is 23.7 Å². The first-order valence-corrected chi connectivity index (χ1v) is 6.62. The van der Waals surface area contributed by atoms with E-state index in [1.807, 2.05) is 13.8 Å². The molecular formula is C13H19NO3. The van der Waals surface area contributed by atoms with E-state index in [0.717, 1.165) is 19.3 Å². The van der Waals surface area contributed by atoms with Gasteiger partial charge in [-0.1, -0.05) is 6.92 Å².